The van der Waals surface area contributed by atoms with Gasteiger partial charge in [0.25, 0.3) is 5.92 Å². The van der Waals surface area contributed by atoms with E-state index in [1.807, 2.05) is 27.7 Å². The van der Waals surface area contributed by atoms with Crippen LogP contribution in [0.3, 0.4) is 0 Å². The van der Waals surface area contributed by atoms with E-state index in [0.29, 0.717) is 42.3 Å². The molecule has 2 saturated carbocycles. The molecule has 6 rings (SSSR count). The van der Waals surface area contributed by atoms with Crippen molar-refractivity contribution in [1.29, 1.82) is 0 Å². The first-order valence-electron chi connectivity index (χ1n) is 16.3. The highest BCUT2D eigenvalue weighted by Gasteiger charge is 2.70. The molecule has 1 aromatic carbocycles. The number of aromatic nitrogens is 2. The highest BCUT2D eigenvalue weighted by atomic mass is 19.3. The molecule has 1 N–H and O–H groups in total. The van der Waals surface area contributed by atoms with Gasteiger partial charge in [-0.2, -0.15) is 0 Å². The normalized spacial score (nSPS) is 34.6. The van der Waals surface area contributed by atoms with E-state index in [1.54, 1.807) is 25.1 Å². The van der Waals surface area contributed by atoms with E-state index in [2.05, 4.69) is 15.3 Å². The van der Waals surface area contributed by atoms with Gasteiger partial charge in [-0.1, -0.05) is 34.1 Å². The van der Waals surface area contributed by atoms with Crippen LogP contribution in [0.5, 0.6) is 11.6 Å². The average molecular weight is 643 g/mol. The van der Waals surface area contributed by atoms with Gasteiger partial charge in [0.1, 0.15) is 35.5 Å². The Labute approximate surface area is 267 Å². The van der Waals surface area contributed by atoms with E-state index in [1.165, 1.54) is 12.0 Å². The minimum absolute atomic E-state index is 0.000660. The molecule has 2 aromatic rings. The van der Waals surface area contributed by atoms with Gasteiger partial charge in [-0.15, -0.1) is 0 Å². The van der Waals surface area contributed by atoms with Gasteiger partial charge in [-0.25, -0.2) is 23.5 Å². The lowest BCUT2D eigenvalue weighted by molar-refractivity contribution is -0.139. The second-order valence-corrected chi connectivity index (χ2v) is 14.8. The van der Waals surface area contributed by atoms with Crippen molar-refractivity contribution in [2.45, 2.75) is 109 Å². The quantitative estimate of drug-likeness (QED) is 0.417. The molecule has 2 unspecified atom stereocenters. The lowest BCUT2D eigenvalue weighted by Gasteiger charge is -2.37. The maximum absolute atomic E-state index is 15.6. The first kappa shape index (κ1) is 32.4. The lowest BCUT2D eigenvalue weighted by atomic mass is 9.85. The summed E-state index contributed by atoms with van der Waals surface area (Å²) in [6.45, 7) is 9.17. The number of hydrogen-bond acceptors (Lipinski definition) is 8. The number of nitrogens with zero attached hydrogens (tertiary/aromatic N) is 3. The zero-order valence-corrected chi connectivity index (χ0v) is 27.3. The van der Waals surface area contributed by atoms with Crippen LogP contribution in [0.4, 0.5) is 13.6 Å². The topological polar surface area (TPSA) is 120 Å². The van der Waals surface area contributed by atoms with E-state index in [4.69, 9.17) is 14.2 Å². The van der Waals surface area contributed by atoms with Crippen molar-refractivity contribution >= 4 is 29.3 Å². The number of benzene rings is 1. The van der Waals surface area contributed by atoms with Gasteiger partial charge in [0.15, 0.2) is 0 Å². The summed E-state index contributed by atoms with van der Waals surface area (Å²) in [4.78, 5) is 50.7. The molecule has 10 nitrogen and oxygen atoms in total. The molecule has 0 radical (unpaired) electrons. The monoisotopic (exact) mass is 642 g/mol. The number of amides is 2. The molecule has 1 saturated heterocycles. The van der Waals surface area contributed by atoms with Gasteiger partial charge in [0, 0.05) is 17.9 Å². The highest BCUT2D eigenvalue weighted by Crippen LogP contribution is 2.64. The van der Waals surface area contributed by atoms with Crippen LogP contribution >= 0.6 is 0 Å². The Morgan fingerprint density at radius 1 is 1.11 bits per heavy atom. The third kappa shape index (κ3) is 5.65. The van der Waals surface area contributed by atoms with Crippen molar-refractivity contribution in [2.75, 3.05) is 13.7 Å². The number of nitrogens with one attached hydrogen (secondary N) is 1. The third-order valence-electron chi connectivity index (χ3n) is 10.8. The first-order chi connectivity index (χ1) is 21.7. The number of hydrogen-bond donors (Lipinski definition) is 1. The zero-order chi connectivity index (χ0) is 33.2. The second kappa shape index (κ2) is 11.6. The fourth-order valence-electron chi connectivity index (χ4n) is 7.83. The van der Waals surface area contributed by atoms with E-state index < -0.39 is 64.9 Å². The number of carbonyl (C=O) groups excluding carboxylic acids is 3. The Balaban J connectivity index is 1.42. The molecule has 12 heteroatoms. The summed E-state index contributed by atoms with van der Waals surface area (Å²) in [7, 11) is 1.52. The molecule has 2 aliphatic heterocycles. The van der Waals surface area contributed by atoms with Crippen LogP contribution in [-0.2, 0) is 14.3 Å². The summed E-state index contributed by atoms with van der Waals surface area (Å²) in [6.07, 6.45) is 3.02. The molecule has 2 aliphatic carbocycles. The Bertz CT molecular complexity index is 1530. The lowest BCUT2D eigenvalue weighted by Crippen LogP contribution is -2.57. The fourth-order valence-corrected chi connectivity index (χ4v) is 7.83. The first-order valence-corrected chi connectivity index (χ1v) is 16.3. The molecule has 3 heterocycles. The summed E-state index contributed by atoms with van der Waals surface area (Å²) in [5.74, 6) is -5.56. The summed E-state index contributed by atoms with van der Waals surface area (Å²) in [5, 5.41) is 2.82. The molecular weight excluding hydrogens is 598 g/mol. The number of alkyl carbamates (subject to hydrolysis) is 1. The Hall–Kier alpha value is -3.57. The van der Waals surface area contributed by atoms with Crippen molar-refractivity contribution in [3.05, 3.63) is 23.9 Å². The van der Waals surface area contributed by atoms with Crippen LogP contribution in [-0.4, -0.2) is 76.5 Å². The Morgan fingerprint density at radius 2 is 1.85 bits per heavy atom. The predicted octanol–water partition coefficient (Wildman–Crippen LogP) is 5.66. The SMILES string of the molecule is COc1ccc2nc3c(nc2c1)O[C@H]1CN(C(=O)[C@H](C(C)(C)C)NC(=O)O[C@]2(C)CCC[C@H]2CCCC2C3C2(F)F)[C@H](C=O)[C@@H]1C. The summed E-state index contributed by atoms with van der Waals surface area (Å²) >= 11 is 0. The van der Waals surface area contributed by atoms with E-state index in [9.17, 15) is 14.4 Å². The number of rotatable bonds is 2. The molecule has 2 amide bonds. The van der Waals surface area contributed by atoms with Gasteiger partial charge < -0.3 is 29.2 Å². The Morgan fingerprint density at radius 3 is 2.54 bits per heavy atom. The van der Waals surface area contributed by atoms with Crippen LogP contribution in [0.25, 0.3) is 11.0 Å². The van der Waals surface area contributed by atoms with Crippen LogP contribution in [0, 0.1) is 23.2 Å². The molecule has 3 fully saturated rings. The molecule has 2 bridgehead atoms. The standard InChI is InChI=1S/C34H44F2N4O6/c1-18-24(17-41)40-16-25(18)45-29-27(37-22-13-12-20(44-6)15-23(22)38-29)26-21(34(26,35)36)11-7-9-19-10-8-14-33(19,5)46-31(43)39-28(30(40)42)32(2,3)4/h12-13,15,17-19,21,24-26,28H,7-11,14,16H2,1-6H3,(H,39,43)/t18-,19+,21?,24+,25-,26?,28+,33+/m0/s1. The van der Waals surface area contributed by atoms with Crippen molar-refractivity contribution in [3.8, 4) is 11.6 Å². The minimum Gasteiger partial charge on any atom is -0.497 e. The van der Waals surface area contributed by atoms with E-state index in [0.717, 1.165) is 12.8 Å². The highest BCUT2D eigenvalue weighted by molar-refractivity contribution is 5.89. The van der Waals surface area contributed by atoms with Gasteiger partial charge in [0.2, 0.25) is 11.8 Å². The van der Waals surface area contributed by atoms with E-state index in [-0.39, 0.29) is 30.5 Å². The van der Waals surface area contributed by atoms with Crippen LogP contribution < -0.4 is 14.8 Å². The van der Waals surface area contributed by atoms with Gasteiger partial charge in [-0.05, 0) is 62.5 Å². The second-order valence-electron chi connectivity index (χ2n) is 14.8. The largest absolute Gasteiger partial charge is 0.497 e. The van der Waals surface area contributed by atoms with Gasteiger partial charge in [-0.3, -0.25) is 4.79 Å². The predicted molar refractivity (Wildman–Crippen MR) is 165 cm³/mol. The van der Waals surface area contributed by atoms with Crippen molar-refractivity contribution in [3.63, 3.8) is 0 Å². The number of methoxy groups -OCH3 is 1. The number of halogens is 2. The van der Waals surface area contributed by atoms with Crippen molar-refractivity contribution in [2.24, 2.45) is 23.2 Å². The summed E-state index contributed by atoms with van der Waals surface area (Å²) in [5.41, 5.74) is -0.553. The molecular formula is C34H44F2N4O6. The number of fused-ring (bicyclic) bond motifs is 7. The minimum atomic E-state index is -3.00. The number of ether oxygens (including phenoxy) is 3. The average Bonchev–Trinajstić information content (AvgIpc) is 3.20. The number of aldehydes is 1. The molecule has 1 aromatic heterocycles. The summed E-state index contributed by atoms with van der Waals surface area (Å²) in [6, 6.07) is 3.19. The molecule has 46 heavy (non-hydrogen) atoms. The van der Waals surface area contributed by atoms with Crippen molar-refractivity contribution in [1.82, 2.24) is 20.2 Å². The van der Waals surface area contributed by atoms with Crippen LogP contribution in [0.1, 0.15) is 84.8 Å². The summed E-state index contributed by atoms with van der Waals surface area (Å²) < 4.78 is 48.9. The number of alkyl halides is 2. The fraction of sp³-hybridized carbons (Fsp3) is 0.676. The van der Waals surface area contributed by atoms with Crippen LogP contribution in [0.15, 0.2) is 18.2 Å². The smallest absolute Gasteiger partial charge is 0.408 e. The van der Waals surface area contributed by atoms with E-state index >= 15 is 8.78 Å². The van der Waals surface area contributed by atoms with Gasteiger partial charge in [0.05, 0.1) is 36.6 Å². The molecule has 8 atom stereocenters. The van der Waals surface area contributed by atoms with Gasteiger partial charge >= 0.3 is 6.09 Å². The maximum Gasteiger partial charge on any atom is 0.408 e. The zero-order valence-electron chi connectivity index (χ0n) is 27.3. The molecule has 0 spiro atoms. The molecule has 250 valence electrons. The number of carbonyl (C=O) groups is 3. The molecule has 4 aliphatic rings. The Kier molecular flexibility index (Phi) is 8.16. The van der Waals surface area contributed by atoms with Crippen LogP contribution in [0.2, 0.25) is 0 Å². The van der Waals surface area contributed by atoms with Crippen molar-refractivity contribution < 1.29 is 37.4 Å². The maximum atomic E-state index is 15.6. The third-order valence-corrected chi connectivity index (χ3v) is 10.8.